The van der Waals surface area contributed by atoms with E-state index in [4.69, 9.17) is 6.42 Å². The number of nitrogens with zero attached hydrogens (tertiary/aromatic N) is 1. The van der Waals surface area contributed by atoms with Crippen molar-refractivity contribution >= 4 is 0 Å². The molecule has 0 aliphatic heterocycles. The van der Waals surface area contributed by atoms with Gasteiger partial charge in [-0.15, -0.1) is 6.42 Å². The van der Waals surface area contributed by atoms with Gasteiger partial charge in [-0.3, -0.25) is 4.98 Å². The molecule has 1 atom stereocenters. The van der Waals surface area contributed by atoms with Gasteiger partial charge in [0.05, 0.1) is 5.69 Å². The molecule has 0 aromatic carbocycles. The van der Waals surface area contributed by atoms with Crippen LogP contribution in [0.1, 0.15) is 17.7 Å². The second-order valence-corrected chi connectivity index (χ2v) is 3.02. The van der Waals surface area contributed by atoms with Gasteiger partial charge in [-0.1, -0.05) is 12.0 Å². The second-order valence-electron chi connectivity index (χ2n) is 3.02. The summed E-state index contributed by atoms with van der Waals surface area (Å²) in [6.07, 6.45) is 8.32. The summed E-state index contributed by atoms with van der Waals surface area (Å²) in [4.78, 5) is 4.09. The summed E-state index contributed by atoms with van der Waals surface area (Å²) in [5, 5.41) is 9.85. The minimum Gasteiger partial charge on any atom is -0.372 e. The number of rotatable bonds is 0. The first-order valence-electron chi connectivity index (χ1n) is 3.91. The predicted octanol–water partition coefficient (Wildman–Crippen LogP) is 0.849. The molecule has 0 spiro atoms. The number of aliphatic hydroxyl groups is 1. The Labute approximate surface area is 71.3 Å². The molecule has 60 valence electrons. The van der Waals surface area contributed by atoms with Crippen molar-refractivity contribution in [3.8, 4) is 12.3 Å². The minimum absolute atomic E-state index is 0.593. The van der Waals surface area contributed by atoms with Crippen molar-refractivity contribution in [2.45, 2.75) is 18.4 Å². The van der Waals surface area contributed by atoms with Crippen LogP contribution < -0.4 is 0 Å². The van der Waals surface area contributed by atoms with Crippen LogP contribution in [-0.4, -0.2) is 10.1 Å². The van der Waals surface area contributed by atoms with E-state index < -0.39 is 5.60 Å². The lowest BCUT2D eigenvalue weighted by molar-refractivity contribution is 0.0984. The van der Waals surface area contributed by atoms with Gasteiger partial charge in [-0.05, 0) is 24.5 Å². The predicted molar refractivity (Wildman–Crippen MR) is 45.3 cm³/mol. The quantitative estimate of drug-likeness (QED) is 0.569. The molecule has 2 heteroatoms. The van der Waals surface area contributed by atoms with Gasteiger partial charge in [0.25, 0.3) is 0 Å². The SMILES string of the molecule is C#CC1(O)CCc2cccnc21. The molecular formula is C10H9NO. The normalized spacial score (nSPS) is 26.3. The fraction of sp³-hybridized carbons (Fsp3) is 0.300. The van der Waals surface area contributed by atoms with Crippen LogP contribution in [-0.2, 0) is 12.0 Å². The molecule has 1 heterocycles. The first kappa shape index (κ1) is 7.33. The van der Waals surface area contributed by atoms with E-state index in [-0.39, 0.29) is 0 Å². The fourth-order valence-electron chi connectivity index (χ4n) is 1.59. The van der Waals surface area contributed by atoms with Gasteiger partial charge in [0.1, 0.15) is 0 Å². The molecule has 1 unspecified atom stereocenters. The number of hydrogen-bond donors (Lipinski definition) is 1. The molecule has 2 rings (SSSR count). The van der Waals surface area contributed by atoms with Gasteiger partial charge in [-0.25, -0.2) is 0 Å². The molecule has 0 saturated carbocycles. The third-order valence-corrected chi connectivity index (χ3v) is 2.28. The van der Waals surface area contributed by atoms with Crippen LogP contribution in [0.15, 0.2) is 18.3 Å². The van der Waals surface area contributed by atoms with Gasteiger partial charge in [0.15, 0.2) is 5.60 Å². The van der Waals surface area contributed by atoms with Crippen LogP contribution in [0.2, 0.25) is 0 Å². The summed E-state index contributed by atoms with van der Waals surface area (Å²) in [5.74, 6) is 2.39. The van der Waals surface area contributed by atoms with Gasteiger partial charge in [0.2, 0.25) is 0 Å². The zero-order valence-corrected chi connectivity index (χ0v) is 6.62. The highest BCUT2D eigenvalue weighted by Gasteiger charge is 2.35. The first-order chi connectivity index (χ1) is 5.76. The highest BCUT2D eigenvalue weighted by Crippen LogP contribution is 2.33. The molecule has 0 fully saturated rings. The molecule has 0 bridgehead atoms. The Hall–Kier alpha value is -1.33. The van der Waals surface area contributed by atoms with Crippen molar-refractivity contribution in [3.05, 3.63) is 29.6 Å². The van der Waals surface area contributed by atoms with Crippen molar-refractivity contribution in [2.75, 3.05) is 0 Å². The smallest absolute Gasteiger partial charge is 0.167 e. The summed E-state index contributed by atoms with van der Waals surface area (Å²) in [6, 6.07) is 3.82. The minimum atomic E-state index is -1.11. The summed E-state index contributed by atoms with van der Waals surface area (Å²) in [6.45, 7) is 0. The fourth-order valence-corrected chi connectivity index (χ4v) is 1.59. The van der Waals surface area contributed by atoms with Crippen molar-refractivity contribution in [1.29, 1.82) is 0 Å². The maximum absolute atomic E-state index is 9.85. The molecule has 0 amide bonds. The number of hydrogen-bond acceptors (Lipinski definition) is 2. The van der Waals surface area contributed by atoms with Crippen LogP contribution in [0.4, 0.5) is 0 Å². The number of fused-ring (bicyclic) bond motifs is 1. The lowest BCUT2D eigenvalue weighted by atomic mass is 10.0. The Kier molecular flexibility index (Phi) is 1.42. The monoisotopic (exact) mass is 159 g/mol. The van der Waals surface area contributed by atoms with E-state index in [0.29, 0.717) is 12.1 Å². The third kappa shape index (κ3) is 0.838. The van der Waals surface area contributed by atoms with Gasteiger partial charge in [0, 0.05) is 6.20 Å². The van der Waals surface area contributed by atoms with Crippen molar-refractivity contribution in [1.82, 2.24) is 4.98 Å². The second kappa shape index (κ2) is 2.33. The van der Waals surface area contributed by atoms with Crippen LogP contribution in [0.5, 0.6) is 0 Å². The van der Waals surface area contributed by atoms with E-state index in [9.17, 15) is 5.11 Å². The highest BCUT2D eigenvalue weighted by molar-refractivity contribution is 5.36. The van der Waals surface area contributed by atoms with E-state index in [2.05, 4.69) is 10.9 Å². The molecule has 1 N–H and O–H groups in total. The third-order valence-electron chi connectivity index (χ3n) is 2.28. The maximum Gasteiger partial charge on any atom is 0.167 e. The van der Waals surface area contributed by atoms with Gasteiger partial charge >= 0.3 is 0 Å². The van der Waals surface area contributed by atoms with Crippen molar-refractivity contribution in [3.63, 3.8) is 0 Å². The number of terminal acetylenes is 1. The van der Waals surface area contributed by atoms with Crippen LogP contribution in [0.3, 0.4) is 0 Å². The topological polar surface area (TPSA) is 33.1 Å². The molecule has 1 aromatic heterocycles. The molecular weight excluding hydrogens is 150 g/mol. The maximum atomic E-state index is 9.85. The van der Waals surface area contributed by atoms with E-state index in [0.717, 1.165) is 12.0 Å². The Bertz CT molecular complexity index is 353. The average molecular weight is 159 g/mol. The largest absolute Gasteiger partial charge is 0.372 e. The van der Waals surface area contributed by atoms with Crippen LogP contribution in [0.25, 0.3) is 0 Å². The molecule has 12 heavy (non-hydrogen) atoms. The summed E-state index contributed by atoms with van der Waals surface area (Å²) < 4.78 is 0. The summed E-state index contributed by atoms with van der Waals surface area (Å²) >= 11 is 0. The highest BCUT2D eigenvalue weighted by atomic mass is 16.3. The van der Waals surface area contributed by atoms with Gasteiger partial charge in [-0.2, -0.15) is 0 Å². The molecule has 1 aliphatic rings. The molecule has 0 radical (unpaired) electrons. The Balaban J connectivity index is 2.58. The van der Waals surface area contributed by atoms with Crippen molar-refractivity contribution in [2.24, 2.45) is 0 Å². The molecule has 1 aromatic rings. The molecule has 2 nitrogen and oxygen atoms in total. The van der Waals surface area contributed by atoms with E-state index in [1.807, 2.05) is 12.1 Å². The number of pyridine rings is 1. The summed E-state index contributed by atoms with van der Waals surface area (Å²) in [7, 11) is 0. The molecule has 0 saturated heterocycles. The molecule has 1 aliphatic carbocycles. The lowest BCUT2D eigenvalue weighted by Gasteiger charge is -2.14. The summed E-state index contributed by atoms with van der Waals surface area (Å²) in [5.41, 5.74) is 0.613. The van der Waals surface area contributed by atoms with Gasteiger partial charge < -0.3 is 5.11 Å². The van der Waals surface area contributed by atoms with Crippen LogP contribution in [0, 0.1) is 12.3 Å². The zero-order chi connectivity index (χ0) is 8.60. The van der Waals surface area contributed by atoms with E-state index in [1.54, 1.807) is 6.20 Å². The average Bonchev–Trinajstić information content (AvgIpc) is 2.46. The van der Waals surface area contributed by atoms with E-state index in [1.165, 1.54) is 0 Å². The Morgan fingerprint density at radius 3 is 3.25 bits per heavy atom. The van der Waals surface area contributed by atoms with E-state index >= 15 is 0 Å². The Morgan fingerprint density at radius 2 is 2.50 bits per heavy atom. The zero-order valence-electron chi connectivity index (χ0n) is 6.62. The van der Waals surface area contributed by atoms with Crippen molar-refractivity contribution < 1.29 is 5.11 Å². The standard InChI is InChI=1S/C10H9NO/c1-2-10(12)6-5-8-4-3-7-11-9(8)10/h1,3-4,7,12H,5-6H2. The van der Waals surface area contributed by atoms with Crippen LogP contribution >= 0.6 is 0 Å². The Morgan fingerprint density at radius 1 is 1.67 bits per heavy atom. The first-order valence-corrected chi connectivity index (χ1v) is 3.91. The number of aromatic nitrogens is 1. The number of aryl methyl sites for hydroxylation is 1. The lowest BCUT2D eigenvalue weighted by Crippen LogP contribution is -2.20.